The zero-order valence-electron chi connectivity index (χ0n) is 14.0. The monoisotopic (exact) mass is 319 g/mol. The lowest BCUT2D eigenvalue weighted by Gasteiger charge is -2.09. The van der Waals surface area contributed by atoms with E-state index in [1.54, 1.807) is 6.20 Å². The van der Waals surface area contributed by atoms with E-state index in [1.807, 2.05) is 41.2 Å². The Morgan fingerprint density at radius 3 is 2.58 bits per heavy atom. The molecule has 0 saturated heterocycles. The summed E-state index contributed by atoms with van der Waals surface area (Å²) in [6, 6.07) is 15.8. The van der Waals surface area contributed by atoms with Crippen molar-refractivity contribution in [2.45, 2.75) is 26.9 Å². The lowest BCUT2D eigenvalue weighted by Crippen LogP contribution is -2.23. The Bertz CT molecular complexity index is 821. The van der Waals surface area contributed by atoms with Crippen molar-refractivity contribution in [3.05, 3.63) is 88.7 Å². The van der Waals surface area contributed by atoms with E-state index in [2.05, 4.69) is 42.5 Å². The van der Waals surface area contributed by atoms with Crippen LogP contribution in [0.5, 0.6) is 0 Å². The first kappa shape index (κ1) is 16.0. The summed E-state index contributed by atoms with van der Waals surface area (Å²) >= 11 is 0. The smallest absolute Gasteiger partial charge is 0.251 e. The minimum Gasteiger partial charge on any atom is -0.348 e. The van der Waals surface area contributed by atoms with Crippen LogP contribution < -0.4 is 5.32 Å². The van der Waals surface area contributed by atoms with Gasteiger partial charge in [0, 0.05) is 24.5 Å². The number of benzene rings is 2. The van der Waals surface area contributed by atoms with Gasteiger partial charge >= 0.3 is 0 Å². The SMILES string of the molecule is Cc1ccc(CNC(=O)c2ccc(Cn3cccn3)cc2)c(C)c1. The maximum absolute atomic E-state index is 12.3. The normalized spacial score (nSPS) is 10.6. The second-order valence-electron chi connectivity index (χ2n) is 6.01. The third kappa shape index (κ3) is 3.90. The number of aryl methyl sites for hydroxylation is 2. The maximum atomic E-state index is 12.3. The maximum Gasteiger partial charge on any atom is 0.251 e. The summed E-state index contributed by atoms with van der Waals surface area (Å²) in [6.07, 6.45) is 3.68. The molecule has 0 radical (unpaired) electrons. The molecule has 2 aromatic carbocycles. The molecule has 0 atom stereocenters. The minimum atomic E-state index is -0.0550. The number of amides is 1. The number of aromatic nitrogens is 2. The third-order valence-electron chi connectivity index (χ3n) is 4.06. The van der Waals surface area contributed by atoms with E-state index in [4.69, 9.17) is 0 Å². The first-order valence-corrected chi connectivity index (χ1v) is 8.02. The molecule has 0 saturated carbocycles. The Balaban J connectivity index is 1.60. The van der Waals surface area contributed by atoms with Crippen LogP contribution in [0.1, 0.15) is 32.6 Å². The van der Waals surface area contributed by atoms with Crippen molar-refractivity contribution in [3.63, 3.8) is 0 Å². The molecule has 3 aromatic rings. The topological polar surface area (TPSA) is 46.9 Å². The van der Waals surface area contributed by atoms with E-state index in [0.29, 0.717) is 18.7 Å². The molecule has 0 aliphatic carbocycles. The van der Waals surface area contributed by atoms with Crippen molar-refractivity contribution in [1.82, 2.24) is 15.1 Å². The summed E-state index contributed by atoms with van der Waals surface area (Å²) in [6.45, 7) is 5.39. The first-order chi connectivity index (χ1) is 11.6. The molecule has 1 amide bonds. The van der Waals surface area contributed by atoms with Crippen LogP contribution in [0.15, 0.2) is 60.9 Å². The van der Waals surface area contributed by atoms with Crippen LogP contribution >= 0.6 is 0 Å². The second-order valence-corrected chi connectivity index (χ2v) is 6.01. The van der Waals surface area contributed by atoms with Gasteiger partial charge in [-0.2, -0.15) is 5.10 Å². The Hall–Kier alpha value is -2.88. The van der Waals surface area contributed by atoms with Crippen LogP contribution in [0.25, 0.3) is 0 Å². The molecule has 1 heterocycles. The largest absolute Gasteiger partial charge is 0.348 e. The van der Waals surface area contributed by atoms with Gasteiger partial charge in [0.2, 0.25) is 0 Å². The molecule has 3 rings (SSSR count). The van der Waals surface area contributed by atoms with Gasteiger partial charge in [0.05, 0.1) is 6.54 Å². The molecule has 0 spiro atoms. The molecule has 122 valence electrons. The van der Waals surface area contributed by atoms with Gasteiger partial charge in [-0.3, -0.25) is 9.48 Å². The molecule has 0 aliphatic rings. The predicted molar refractivity (Wildman–Crippen MR) is 94.9 cm³/mol. The lowest BCUT2D eigenvalue weighted by atomic mass is 10.1. The number of hydrogen-bond donors (Lipinski definition) is 1. The third-order valence-corrected chi connectivity index (χ3v) is 4.06. The quantitative estimate of drug-likeness (QED) is 0.782. The highest BCUT2D eigenvalue weighted by molar-refractivity contribution is 5.94. The van der Waals surface area contributed by atoms with Gasteiger partial charge in [-0.15, -0.1) is 0 Å². The zero-order valence-corrected chi connectivity index (χ0v) is 14.0. The van der Waals surface area contributed by atoms with Crippen molar-refractivity contribution >= 4 is 5.91 Å². The van der Waals surface area contributed by atoms with E-state index in [1.165, 1.54) is 11.1 Å². The Labute approximate surface area is 142 Å². The highest BCUT2D eigenvalue weighted by Gasteiger charge is 2.06. The van der Waals surface area contributed by atoms with Crippen LogP contribution in [0.4, 0.5) is 0 Å². The summed E-state index contributed by atoms with van der Waals surface area (Å²) in [5.74, 6) is -0.0550. The van der Waals surface area contributed by atoms with Crippen molar-refractivity contribution in [3.8, 4) is 0 Å². The van der Waals surface area contributed by atoms with Crippen molar-refractivity contribution in [1.29, 1.82) is 0 Å². The van der Waals surface area contributed by atoms with Gasteiger partial charge in [0.1, 0.15) is 0 Å². The molecular weight excluding hydrogens is 298 g/mol. The van der Waals surface area contributed by atoms with E-state index < -0.39 is 0 Å². The number of rotatable bonds is 5. The fourth-order valence-corrected chi connectivity index (χ4v) is 2.66. The van der Waals surface area contributed by atoms with Crippen molar-refractivity contribution in [2.75, 3.05) is 0 Å². The minimum absolute atomic E-state index is 0.0550. The van der Waals surface area contributed by atoms with Gasteiger partial charge in [-0.05, 0) is 48.7 Å². The second kappa shape index (κ2) is 7.13. The Kier molecular flexibility index (Phi) is 4.75. The van der Waals surface area contributed by atoms with Gasteiger partial charge < -0.3 is 5.32 Å². The van der Waals surface area contributed by atoms with Crippen molar-refractivity contribution in [2.24, 2.45) is 0 Å². The van der Waals surface area contributed by atoms with Gasteiger partial charge in [0.25, 0.3) is 5.91 Å². The number of hydrogen-bond acceptors (Lipinski definition) is 2. The number of carbonyl (C=O) groups is 1. The Morgan fingerprint density at radius 1 is 1.12 bits per heavy atom. The average Bonchev–Trinajstić information content (AvgIpc) is 3.07. The fraction of sp³-hybridized carbons (Fsp3) is 0.200. The number of nitrogens with one attached hydrogen (secondary N) is 1. The number of carbonyl (C=O) groups excluding carboxylic acids is 1. The highest BCUT2D eigenvalue weighted by Crippen LogP contribution is 2.11. The fourth-order valence-electron chi connectivity index (χ4n) is 2.66. The van der Waals surface area contributed by atoms with Crippen LogP contribution in [0, 0.1) is 13.8 Å². The van der Waals surface area contributed by atoms with E-state index >= 15 is 0 Å². The molecule has 0 bridgehead atoms. The number of nitrogens with zero attached hydrogens (tertiary/aromatic N) is 2. The summed E-state index contributed by atoms with van der Waals surface area (Å²) in [5.41, 5.74) is 5.36. The van der Waals surface area contributed by atoms with Crippen molar-refractivity contribution < 1.29 is 4.79 Å². The molecule has 0 unspecified atom stereocenters. The molecular formula is C20H21N3O. The van der Waals surface area contributed by atoms with E-state index in [-0.39, 0.29) is 5.91 Å². The molecule has 0 aliphatic heterocycles. The predicted octanol–water partition coefficient (Wildman–Crippen LogP) is 3.48. The summed E-state index contributed by atoms with van der Waals surface area (Å²) in [5, 5.41) is 7.17. The highest BCUT2D eigenvalue weighted by atomic mass is 16.1. The molecule has 0 fully saturated rings. The lowest BCUT2D eigenvalue weighted by molar-refractivity contribution is 0.0951. The van der Waals surface area contributed by atoms with Crippen LogP contribution in [0.3, 0.4) is 0 Å². The van der Waals surface area contributed by atoms with E-state index in [9.17, 15) is 4.79 Å². The standard InChI is InChI=1S/C20H21N3O/c1-15-4-7-19(16(2)12-15)13-21-20(24)18-8-5-17(6-9-18)14-23-11-3-10-22-23/h3-12H,13-14H2,1-2H3,(H,21,24). The summed E-state index contributed by atoms with van der Waals surface area (Å²) in [4.78, 5) is 12.3. The van der Waals surface area contributed by atoms with Crippen LogP contribution in [0.2, 0.25) is 0 Å². The van der Waals surface area contributed by atoms with Gasteiger partial charge in [-0.1, -0.05) is 35.9 Å². The van der Waals surface area contributed by atoms with Crippen LogP contribution in [-0.4, -0.2) is 15.7 Å². The molecule has 4 heteroatoms. The van der Waals surface area contributed by atoms with E-state index in [0.717, 1.165) is 11.1 Å². The molecule has 24 heavy (non-hydrogen) atoms. The summed E-state index contributed by atoms with van der Waals surface area (Å²) < 4.78 is 1.86. The Morgan fingerprint density at radius 2 is 1.92 bits per heavy atom. The first-order valence-electron chi connectivity index (χ1n) is 8.02. The molecule has 1 N–H and O–H groups in total. The summed E-state index contributed by atoms with van der Waals surface area (Å²) in [7, 11) is 0. The average molecular weight is 319 g/mol. The van der Waals surface area contributed by atoms with Crippen LogP contribution in [-0.2, 0) is 13.1 Å². The van der Waals surface area contributed by atoms with Gasteiger partial charge in [-0.25, -0.2) is 0 Å². The molecule has 4 nitrogen and oxygen atoms in total. The van der Waals surface area contributed by atoms with Gasteiger partial charge in [0.15, 0.2) is 0 Å². The zero-order chi connectivity index (χ0) is 16.9. The molecule has 1 aromatic heterocycles.